The quantitative estimate of drug-likeness (QED) is 0.601. The molecule has 0 aliphatic rings. The van der Waals surface area contributed by atoms with Crippen LogP contribution in [0.3, 0.4) is 0 Å². The normalized spacial score (nSPS) is 11.9. The Labute approximate surface area is 150 Å². The average molecular weight is 340 g/mol. The Bertz CT molecular complexity index is 666. The van der Waals surface area contributed by atoms with Crippen molar-refractivity contribution >= 4 is 5.96 Å². The molecule has 5 nitrogen and oxygen atoms in total. The van der Waals surface area contributed by atoms with Crippen LogP contribution in [0.4, 0.5) is 0 Å². The molecule has 0 saturated heterocycles. The summed E-state index contributed by atoms with van der Waals surface area (Å²) in [5, 5.41) is 6.74. The lowest BCUT2D eigenvalue weighted by Gasteiger charge is -2.26. The van der Waals surface area contributed by atoms with Crippen LogP contribution in [-0.2, 0) is 12.0 Å². The Morgan fingerprint density at radius 3 is 2.48 bits per heavy atom. The van der Waals surface area contributed by atoms with Gasteiger partial charge in [-0.15, -0.1) is 0 Å². The predicted octanol–water partition coefficient (Wildman–Crippen LogP) is 3.12. The van der Waals surface area contributed by atoms with E-state index in [0.717, 1.165) is 24.6 Å². The first kappa shape index (κ1) is 18.8. The van der Waals surface area contributed by atoms with E-state index in [4.69, 9.17) is 4.74 Å². The second kappa shape index (κ2) is 9.06. The Balaban J connectivity index is 1.99. The van der Waals surface area contributed by atoms with E-state index in [1.807, 2.05) is 18.2 Å². The molecule has 0 radical (unpaired) electrons. The van der Waals surface area contributed by atoms with Gasteiger partial charge in [0.15, 0.2) is 5.96 Å². The monoisotopic (exact) mass is 340 g/mol. The molecule has 0 aliphatic heterocycles. The van der Waals surface area contributed by atoms with E-state index in [-0.39, 0.29) is 5.41 Å². The summed E-state index contributed by atoms with van der Waals surface area (Å²) in [5.74, 6) is 1.42. The Kier molecular flexibility index (Phi) is 6.81. The zero-order valence-corrected chi connectivity index (χ0v) is 15.5. The lowest BCUT2D eigenvalue weighted by Crippen LogP contribution is -2.43. The third-order valence-electron chi connectivity index (χ3n) is 4.02. The first-order chi connectivity index (χ1) is 12.0. The molecule has 1 heterocycles. The largest absolute Gasteiger partial charge is 0.481 e. The third-order valence-corrected chi connectivity index (χ3v) is 4.02. The molecule has 0 unspecified atom stereocenters. The fourth-order valence-corrected chi connectivity index (χ4v) is 2.43. The smallest absolute Gasteiger partial charge is 0.212 e. The maximum absolute atomic E-state index is 5.08. The van der Waals surface area contributed by atoms with E-state index in [2.05, 4.69) is 65.6 Å². The number of methoxy groups -OCH3 is 1. The van der Waals surface area contributed by atoms with Crippen LogP contribution >= 0.6 is 0 Å². The summed E-state index contributed by atoms with van der Waals surface area (Å²) in [5.41, 5.74) is 2.36. The van der Waals surface area contributed by atoms with E-state index in [9.17, 15) is 0 Å². The number of ether oxygens (including phenoxy) is 1. The van der Waals surface area contributed by atoms with Crippen LogP contribution in [0, 0.1) is 0 Å². The minimum absolute atomic E-state index is 0.0130. The van der Waals surface area contributed by atoms with Gasteiger partial charge in [-0.05, 0) is 18.1 Å². The topological polar surface area (TPSA) is 58.5 Å². The van der Waals surface area contributed by atoms with E-state index in [1.165, 1.54) is 5.56 Å². The highest BCUT2D eigenvalue weighted by Crippen LogP contribution is 2.21. The SMILES string of the molecule is CCNC(=NCc1ccc(OC)nc1)NCC(C)(C)c1ccccc1. The van der Waals surface area contributed by atoms with E-state index in [0.29, 0.717) is 12.4 Å². The molecule has 0 atom stereocenters. The van der Waals surface area contributed by atoms with Crippen LogP contribution in [0.5, 0.6) is 5.88 Å². The molecule has 0 bridgehead atoms. The number of aromatic nitrogens is 1. The number of rotatable bonds is 7. The predicted molar refractivity (Wildman–Crippen MR) is 103 cm³/mol. The van der Waals surface area contributed by atoms with E-state index >= 15 is 0 Å². The van der Waals surface area contributed by atoms with Gasteiger partial charge in [-0.2, -0.15) is 0 Å². The van der Waals surface area contributed by atoms with Crippen LogP contribution in [0.2, 0.25) is 0 Å². The molecule has 0 amide bonds. The Morgan fingerprint density at radius 2 is 1.88 bits per heavy atom. The number of hydrogen-bond acceptors (Lipinski definition) is 3. The number of nitrogens with one attached hydrogen (secondary N) is 2. The lowest BCUT2D eigenvalue weighted by atomic mass is 9.85. The molecule has 1 aromatic heterocycles. The maximum Gasteiger partial charge on any atom is 0.212 e. The van der Waals surface area contributed by atoms with Crippen molar-refractivity contribution in [2.75, 3.05) is 20.2 Å². The minimum Gasteiger partial charge on any atom is -0.481 e. The number of nitrogens with zero attached hydrogens (tertiary/aromatic N) is 2. The highest BCUT2D eigenvalue weighted by molar-refractivity contribution is 5.79. The summed E-state index contributed by atoms with van der Waals surface area (Å²) in [6.07, 6.45) is 1.79. The van der Waals surface area contributed by atoms with Crippen molar-refractivity contribution in [1.29, 1.82) is 0 Å². The van der Waals surface area contributed by atoms with Gasteiger partial charge in [-0.25, -0.2) is 9.98 Å². The van der Waals surface area contributed by atoms with Crippen molar-refractivity contribution in [2.45, 2.75) is 32.7 Å². The van der Waals surface area contributed by atoms with Gasteiger partial charge in [0, 0.05) is 30.8 Å². The highest BCUT2D eigenvalue weighted by Gasteiger charge is 2.20. The molecule has 25 heavy (non-hydrogen) atoms. The number of hydrogen-bond donors (Lipinski definition) is 2. The van der Waals surface area contributed by atoms with Gasteiger partial charge in [0.25, 0.3) is 0 Å². The summed E-state index contributed by atoms with van der Waals surface area (Å²) in [6.45, 7) is 8.70. The first-order valence-corrected chi connectivity index (χ1v) is 8.62. The molecule has 0 fully saturated rings. The summed E-state index contributed by atoms with van der Waals surface area (Å²) in [7, 11) is 1.61. The van der Waals surface area contributed by atoms with Gasteiger partial charge >= 0.3 is 0 Å². The molecule has 2 aromatic rings. The van der Waals surface area contributed by atoms with E-state index in [1.54, 1.807) is 13.3 Å². The van der Waals surface area contributed by atoms with Gasteiger partial charge in [0.05, 0.1) is 13.7 Å². The average Bonchev–Trinajstić information content (AvgIpc) is 2.65. The van der Waals surface area contributed by atoms with Crippen LogP contribution in [0.15, 0.2) is 53.7 Å². The number of pyridine rings is 1. The van der Waals surface area contributed by atoms with Gasteiger partial charge in [-0.1, -0.05) is 50.2 Å². The van der Waals surface area contributed by atoms with Crippen LogP contribution < -0.4 is 15.4 Å². The second-order valence-electron chi connectivity index (χ2n) is 6.51. The lowest BCUT2D eigenvalue weighted by molar-refractivity contribution is 0.397. The summed E-state index contributed by atoms with van der Waals surface area (Å²) in [6, 6.07) is 14.3. The first-order valence-electron chi connectivity index (χ1n) is 8.62. The number of benzene rings is 1. The summed E-state index contributed by atoms with van der Waals surface area (Å²) >= 11 is 0. The summed E-state index contributed by atoms with van der Waals surface area (Å²) in [4.78, 5) is 8.86. The van der Waals surface area contributed by atoms with Crippen LogP contribution in [0.1, 0.15) is 31.9 Å². The molecule has 2 N–H and O–H groups in total. The molecule has 0 spiro atoms. The van der Waals surface area contributed by atoms with Crippen LogP contribution in [0.25, 0.3) is 0 Å². The maximum atomic E-state index is 5.08. The van der Waals surface area contributed by atoms with Crippen LogP contribution in [-0.4, -0.2) is 31.1 Å². The molecular weight excluding hydrogens is 312 g/mol. The summed E-state index contributed by atoms with van der Waals surface area (Å²) < 4.78 is 5.08. The fraction of sp³-hybridized carbons (Fsp3) is 0.400. The van der Waals surface area contributed by atoms with Gasteiger partial charge in [0.1, 0.15) is 0 Å². The molecule has 2 rings (SSSR count). The molecule has 5 heteroatoms. The van der Waals surface area contributed by atoms with Crippen molar-refractivity contribution in [2.24, 2.45) is 4.99 Å². The Morgan fingerprint density at radius 1 is 1.12 bits per heavy atom. The van der Waals surface area contributed by atoms with Crippen molar-refractivity contribution in [3.63, 3.8) is 0 Å². The minimum atomic E-state index is 0.0130. The molecule has 1 aromatic carbocycles. The fourth-order valence-electron chi connectivity index (χ4n) is 2.43. The van der Waals surface area contributed by atoms with Gasteiger partial charge in [-0.3, -0.25) is 0 Å². The third kappa shape index (κ3) is 5.78. The zero-order valence-electron chi connectivity index (χ0n) is 15.5. The molecular formula is C20H28N4O. The highest BCUT2D eigenvalue weighted by atomic mass is 16.5. The van der Waals surface area contributed by atoms with Crippen molar-refractivity contribution < 1.29 is 4.74 Å². The molecule has 134 valence electrons. The zero-order chi connectivity index (χ0) is 18.1. The van der Waals surface area contributed by atoms with E-state index < -0.39 is 0 Å². The molecule has 0 aliphatic carbocycles. The van der Waals surface area contributed by atoms with Gasteiger partial charge < -0.3 is 15.4 Å². The van der Waals surface area contributed by atoms with Crippen molar-refractivity contribution in [3.8, 4) is 5.88 Å². The number of aliphatic imine (C=N–C) groups is 1. The standard InChI is InChI=1S/C20H28N4O/c1-5-21-19(23-14-16-11-12-18(25-4)22-13-16)24-15-20(2,3)17-9-7-6-8-10-17/h6-13H,5,14-15H2,1-4H3,(H2,21,23,24). The van der Waals surface area contributed by atoms with Crippen molar-refractivity contribution in [1.82, 2.24) is 15.6 Å². The number of guanidine groups is 1. The Hall–Kier alpha value is -2.56. The molecule has 0 saturated carbocycles. The van der Waals surface area contributed by atoms with Gasteiger partial charge in [0.2, 0.25) is 5.88 Å². The van der Waals surface area contributed by atoms with Crippen molar-refractivity contribution in [3.05, 3.63) is 59.8 Å². The second-order valence-corrected chi connectivity index (χ2v) is 6.51.